The molecule has 0 radical (unpaired) electrons. The summed E-state index contributed by atoms with van der Waals surface area (Å²) in [5.41, 5.74) is 1.85. The Hall–Kier alpha value is -2.97. The summed E-state index contributed by atoms with van der Waals surface area (Å²) in [6.07, 6.45) is 4.08. The van der Waals surface area contributed by atoms with Gasteiger partial charge in [-0.25, -0.2) is 0 Å². The molecule has 0 bridgehead atoms. The maximum atomic E-state index is 12.8. The molecule has 2 N–H and O–H groups in total. The maximum Gasteiger partial charge on any atom is 0.258 e. The number of hydrogen-bond donors (Lipinski definition) is 2. The Labute approximate surface area is 196 Å². The number of piperidine rings is 1. The predicted molar refractivity (Wildman–Crippen MR) is 128 cm³/mol. The van der Waals surface area contributed by atoms with E-state index in [1.54, 1.807) is 0 Å². The number of carbonyl (C=O) groups excluding carboxylic acids is 1. The first kappa shape index (κ1) is 20.6. The van der Waals surface area contributed by atoms with E-state index in [0.29, 0.717) is 24.0 Å². The smallest absolute Gasteiger partial charge is 0.258 e. The van der Waals surface area contributed by atoms with E-state index in [-0.39, 0.29) is 12.0 Å². The highest BCUT2D eigenvalue weighted by atomic mass is 32.2. The number of amides is 1. The van der Waals surface area contributed by atoms with E-state index in [9.17, 15) is 4.79 Å². The van der Waals surface area contributed by atoms with Crippen molar-refractivity contribution in [3.63, 3.8) is 0 Å². The van der Waals surface area contributed by atoms with Crippen molar-refractivity contribution in [2.75, 3.05) is 32.8 Å². The zero-order valence-electron chi connectivity index (χ0n) is 18.3. The second-order valence-electron chi connectivity index (χ2n) is 8.85. The summed E-state index contributed by atoms with van der Waals surface area (Å²) in [5.74, 6) is 2.14. The molecular formula is C25H26N4O3S. The van der Waals surface area contributed by atoms with Gasteiger partial charge in [-0.15, -0.1) is 0 Å². The van der Waals surface area contributed by atoms with Crippen molar-refractivity contribution in [3.8, 4) is 11.5 Å². The lowest BCUT2D eigenvalue weighted by atomic mass is 9.96. The molecule has 7 nitrogen and oxygen atoms in total. The fraction of sp³-hybridized carbons (Fsp3) is 0.360. The van der Waals surface area contributed by atoms with Crippen LogP contribution in [0.4, 0.5) is 0 Å². The lowest BCUT2D eigenvalue weighted by Crippen LogP contribution is -2.45. The summed E-state index contributed by atoms with van der Waals surface area (Å²) in [5, 5.41) is 11.7. The third kappa shape index (κ3) is 4.20. The highest BCUT2D eigenvalue weighted by Gasteiger charge is 2.27. The lowest BCUT2D eigenvalue weighted by Gasteiger charge is -2.35. The Morgan fingerprint density at radius 1 is 1.15 bits per heavy atom. The van der Waals surface area contributed by atoms with Crippen LogP contribution in [0.2, 0.25) is 0 Å². The minimum absolute atomic E-state index is 0.0143. The normalized spacial score (nSPS) is 20.5. The van der Waals surface area contributed by atoms with Gasteiger partial charge in [0.05, 0.1) is 16.1 Å². The Balaban J connectivity index is 0.981. The number of H-pyrrole nitrogens is 1. The third-order valence-corrected chi connectivity index (χ3v) is 7.66. The van der Waals surface area contributed by atoms with E-state index >= 15 is 0 Å². The molecule has 33 heavy (non-hydrogen) atoms. The predicted octanol–water partition coefficient (Wildman–Crippen LogP) is 3.68. The number of hydrogen-bond acceptors (Lipinski definition) is 6. The minimum atomic E-state index is -0.0143. The number of nitrogens with zero attached hydrogens (tertiary/aromatic N) is 2. The SMILES string of the molecule is O=C(NCC1CCN(CC2COc3ccccc3O2)CC1)C1=Cc2n[nH]c3cccc(c23)S1. The van der Waals surface area contributed by atoms with Crippen LogP contribution in [-0.4, -0.2) is 59.9 Å². The summed E-state index contributed by atoms with van der Waals surface area (Å²) < 4.78 is 12.0. The highest BCUT2D eigenvalue weighted by Crippen LogP contribution is 2.40. The van der Waals surface area contributed by atoms with Gasteiger partial charge in [0, 0.05) is 23.4 Å². The molecule has 0 saturated carbocycles. The van der Waals surface area contributed by atoms with Crippen LogP contribution in [0.25, 0.3) is 17.0 Å². The van der Waals surface area contributed by atoms with Crippen molar-refractivity contribution < 1.29 is 14.3 Å². The van der Waals surface area contributed by atoms with Gasteiger partial charge in [-0.3, -0.25) is 14.8 Å². The van der Waals surface area contributed by atoms with Crippen LogP contribution in [0, 0.1) is 5.92 Å². The molecule has 6 rings (SSSR count). The Morgan fingerprint density at radius 2 is 2.00 bits per heavy atom. The number of aromatic amines is 1. The number of para-hydroxylation sites is 2. The van der Waals surface area contributed by atoms with Gasteiger partial charge in [-0.1, -0.05) is 30.0 Å². The number of thioether (sulfide) groups is 1. The monoisotopic (exact) mass is 462 g/mol. The first-order valence-corrected chi connectivity index (χ1v) is 12.3. The van der Waals surface area contributed by atoms with Gasteiger partial charge in [0.2, 0.25) is 0 Å². The van der Waals surface area contributed by atoms with Gasteiger partial charge >= 0.3 is 0 Å². The van der Waals surface area contributed by atoms with Crippen molar-refractivity contribution >= 4 is 34.6 Å². The van der Waals surface area contributed by atoms with Crippen LogP contribution in [0.15, 0.2) is 52.3 Å². The van der Waals surface area contributed by atoms with Crippen molar-refractivity contribution in [2.45, 2.75) is 23.8 Å². The van der Waals surface area contributed by atoms with Gasteiger partial charge in [0.1, 0.15) is 12.7 Å². The summed E-state index contributed by atoms with van der Waals surface area (Å²) in [6, 6.07) is 13.9. The number of benzene rings is 2. The number of fused-ring (bicyclic) bond motifs is 1. The van der Waals surface area contributed by atoms with Crippen LogP contribution >= 0.6 is 11.8 Å². The highest BCUT2D eigenvalue weighted by molar-refractivity contribution is 8.04. The van der Waals surface area contributed by atoms with E-state index in [4.69, 9.17) is 9.47 Å². The molecule has 1 atom stereocenters. The van der Waals surface area contributed by atoms with Gasteiger partial charge < -0.3 is 14.8 Å². The Morgan fingerprint density at radius 3 is 2.88 bits per heavy atom. The van der Waals surface area contributed by atoms with E-state index < -0.39 is 0 Å². The first-order chi connectivity index (χ1) is 16.2. The van der Waals surface area contributed by atoms with Crippen molar-refractivity contribution in [1.29, 1.82) is 0 Å². The van der Waals surface area contributed by atoms with E-state index in [2.05, 4.69) is 20.4 Å². The standard InChI is InChI=1S/C25H26N4O3S/c30-25(23-12-19-24-18(27-28-19)4-3-7-22(24)33-23)26-13-16-8-10-29(11-9-16)14-17-15-31-20-5-1-2-6-21(20)32-17/h1-7,12,16-17H,8-11,13-15H2,(H,26,30)(H,27,28). The average Bonchev–Trinajstić information content (AvgIpc) is 3.28. The molecule has 1 unspecified atom stereocenters. The fourth-order valence-electron chi connectivity index (χ4n) is 4.78. The number of carbonyl (C=O) groups is 1. The largest absolute Gasteiger partial charge is 0.486 e. The molecule has 0 spiro atoms. The molecule has 1 fully saturated rings. The van der Waals surface area contributed by atoms with Crippen molar-refractivity contribution in [3.05, 3.63) is 53.1 Å². The number of likely N-dealkylation sites (tertiary alicyclic amines) is 1. The van der Waals surface area contributed by atoms with Crippen LogP contribution in [0.1, 0.15) is 18.5 Å². The lowest BCUT2D eigenvalue weighted by molar-refractivity contribution is -0.117. The molecule has 1 aromatic heterocycles. The van der Waals surface area contributed by atoms with Gasteiger partial charge in [0.15, 0.2) is 11.5 Å². The quantitative estimate of drug-likeness (QED) is 0.602. The molecule has 1 saturated heterocycles. The Kier molecular flexibility index (Phi) is 5.47. The van der Waals surface area contributed by atoms with Crippen molar-refractivity contribution in [1.82, 2.24) is 20.4 Å². The average molecular weight is 463 g/mol. The third-order valence-electron chi connectivity index (χ3n) is 6.58. The zero-order valence-corrected chi connectivity index (χ0v) is 19.1. The Bertz CT molecular complexity index is 1220. The topological polar surface area (TPSA) is 79.5 Å². The molecule has 3 aliphatic heterocycles. The minimum Gasteiger partial charge on any atom is -0.486 e. The van der Waals surface area contributed by atoms with Crippen LogP contribution in [-0.2, 0) is 4.79 Å². The molecule has 3 aromatic rings. The second-order valence-corrected chi connectivity index (χ2v) is 9.93. The maximum absolute atomic E-state index is 12.8. The molecule has 0 aliphatic carbocycles. The number of ether oxygens (including phenoxy) is 2. The fourth-order valence-corrected chi connectivity index (χ4v) is 5.81. The molecule has 3 aliphatic rings. The van der Waals surface area contributed by atoms with Gasteiger partial charge in [-0.05, 0) is 62.2 Å². The van der Waals surface area contributed by atoms with Crippen LogP contribution in [0.5, 0.6) is 11.5 Å². The second kappa shape index (κ2) is 8.76. The molecule has 4 heterocycles. The van der Waals surface area contributed by atoms with Crippen LogP contribution < -0.4 is 14.8 Å². The van der Waals surface area contributed by atoms with E-state index in [0.717, 1.165) is 65.5 Å². The molecule has 8 heteroatoms. The van der Waals surface area contributed by atoms with Gasteiger partial charge in [-0.2, -0.15) is 5.10 Å². The number of aromatic nitrogens is 2. The van der Waals surface area contributed by atoms with E-state index in [1.807, 2.05) is 48.5 Å². The summed E-state index contributed by atoms with van der Waals surface area (Å²) >= 11 is 1.52. The summed E-state index contributed by atoms with van der Waals surface area (Å²) in [6.45, 7) is 4.19. The summed E-state index contributed by atoms with van der Waals surface area (Å²) in [7, 11) is 0. The first-order valence-electron chi connectivity index (χ1n) is 11.5. The number of rotatable bonds is 5. The number of nitrogens with one attached hydrogen (secondary N) is 2. The van der Waals surface area contributed by atoms with Gasteiger partial charge in [0.25, 0.3) is 5.91 Å². The summed E-state index contributed by atoms with van der Waals surface area (Å²) in [4.78, 5) is 17.1. The van der Waals surface area contributed by atoms with Crippen LogP contribution in [0.3, 0.4) is 0 Å². The molecule has 2 aromatic carbocycles. The van der Waals surface area contributed by atoms with E-state index in [1.165, 1.54) is 11.8 Å². The molecular weight excluding hydrogens is 436 g/mol. The zero-order chi connectivity index (χ0) is 22.2. The molecule has 170 valence electrons. The molecule has 1 amide bonds. The van der Waals surface area contributed by atoms with Crippen molar-refractivity contribution in [2.24, 2.45) is 5.92 Å².